The Bertz CT molecular complexity index is 841. The molecule has 42 heavy (non-hydrogen) atoms. The third kappa shape index (κ3) is 8.46. The maximum atomic E-state index is 13.1. The Hall–Kier alpha value is -2.20. The van der Waals surface area contributed by atoms with Crippen molar-refractivity contribution < 1.29 is 38.1 Å². The van der Waals surface area contributed by atoms with Crippen LogP contribution >= 0.6 is 0 Å². The summed E-state index contributed by atoms with van der Waals surface area (Å²) in [6.07, 6.45) is 12.1. The standard InChI is InChI=1S/C32H52N2O8/c1-3-5-7-9-11-17-27(35)33-19-13-15-23(33)31(37)41-25-21-39-30-26(22-40-29(25)30)42-32(38)24-16-14-20-34(24)28(36)18-12-10-8-6-4-2/h23-26,29-30H,3-22H2,1-2H3/t23?,24?,25-,26+,29-,30-/m1/s1. The molecular formula is C32H52N2O8. The second-order valence-electron chi connectivity index (χ2n) is 12.4. The second-order valence-corrected chi connectivity index (χ2v) is 12.4. The Morgan fingerprint density at radius 1 is 0.619 bits per heavy atom. The molecule has 6 atom stereocenters. The minimum atomic E-state index is -0.616. The minimum Gasteiger partial charge on any atom is -0.455 e. The Morgan fingerprint density at radius 2 is 1.02 bits per heavy atom. The largest absolute Gasteiger partial charge is 0.455 e. The summed E-state index contributed by atoms with van der Waals surface area (Å²) in [5, 5.41) is 0. The van der Waals surface area contributed by atoms with E-state index in [-0.39, 0.29) is 25.0 Å². The number of nitrogens with zero attached hydrogens (tertiary/aromatic N) is 2. The van der Waals surface area contributed by atoms with Gasteiger partial charge in [0.1, 0.15) is 24.3 Å². The van der Waals surface area contributed by atoms with Crippen LogP contribution < -0.4 is 0 Å². The second kappa shape index (κ2) is 16.6. The number of fused-ring (bicyclic) bond motifs is 1. The van der Waals surface area contributed by atoms with Gasteiger partial charge in [-0.3, -0.25) is 9.59 Å². The summed E-state index contributed by atoms with van der Waals surface area (Å²) in [5.74, 6) is -0.794. The zero-order valence-corrected chi connectivity index (χ0v) is 25.8. The van der Waals surface area contributed by atoms with Crippen LogP contribution in [-0.2, 0) is 38.1 Å². The summed E-state index contributed by atoms with van der Waals surface area (Å²) in [7, 11) is 0. The number of ether oxygens (including phenoxy) is 4. The SMILES string of the molecule is CCCCCCCC(=O)N1CCCC1C(=O)O[C@H]1CO[C@H]2[C@@H]1OC[C@H]2OC(=O)C1CCCN1C(=O)CCCCCCC. The van der Waals surface area contributed by atoms with Crippen LogP contribution in [0.25, 0.3) is 0 Å². The molecule has 4 saturated heterocycles. The van der Waals surface area contributed by atoms with Gasteiger partial charge in [0.05, 0.1) is 13.2 Å². The fraction of sp³-hybridized carbons (Fsp3) is 0.875. The fourth-order valence-electron chi connectivity index (χ4n) is 6.75. The lowest BCUT2D eigenvalue weighted by Crippen LogP contribution is -2.45. The molecule has 0 aromatic carbocycles. The van der Waals surface area contributed by atoms with Gasteiger partial charge in [0, 0.05) is 25.9 Å². The molecule has 10 nitrogen and oxygen atoms in total. The van der Waals surface area contributed by atoms with Crippen molar-refractivity contribution in [3.05, 3.63) is 0 Å². The molecule has 4 heterocycles. The first-order chi connectivity index (χ1) is 20.4. The highest BCUT2D eigenvalue weighted by atomic mass is 16.7. The minimum absolute atomic E-state index is 0.0199. The molecule has 0 bridgehead atoms. The molecule has 0 N–H and O–H groups in total. The molecule has 0 aromatic heterocycles. The van der Waals surface area contributed by atoms with Crippen molar-refractivity contribution in [3.8, 4) is 0 Å². The molecule has 0 aromatic rings. The van der Waals surface area contributed by atoms with Gasteiger partial charge in [-0.2, -0.15) is 0 Å². The number of hydrogen-bond donors (Lipinski definition) is 0. The first kappa shape index (κ1) is 32.7. The topological polar surface area (TPSA) is 112 Å². The molecular weight excluding hydrogens is 540 g/mol. The van der Waals surface area contributed by atoms with Gasteiger partial charge in [0.25, 0.3) is 0 Å². The monoisotopic (exact) mass is 592 g/mol. The van der Waals surface area contributed by atoms with Crippen molar-refractivity contribution in [2.24, 2.45) is 0 Å². The third-order valence-electron chi connectivity index (χ3n) is 9.18. The number of carbonyl (C=O) groups is 4. The predicted molar refractivity (Wildman–Crippen MR) is 155 cm³/mol. The van der Waals surface area contributed by atoms with Crippen LogP contribution in [0.1, 0.15) is 117 Å². The highest BCUT2D eigenvalue weighted by molar-refractivity contribution is 5.86. The lowest BCUT2D eigenvalue weighted by Gasteiger charge is -2.26. The molecule has 4 aliphatic rings. The summed E-state index contributed by atoms with van der Waals surface area (Å²) >= 11 is 0. The Labute approximate surface area is 251 Å². The van der Waals surface area contributed by atoms with Crippen LogP contribution in [0.4, 0.5) is 0 Å². The number of amides is 2. The van der Waals surface area contributed by atoms with Crippen molar-refractivity contribution in [1.82, 2.24) is 9.80 Å². The van der Waals surface area contributed by atoms with E-state index in [1.165, 1.54) is 12.8 Å². The highest BCUT2D eigenvalue weighted by Crippen LogP contribution is 2.33. The molecule has 10 heteroatoms. The Balaban J connectivity index is 1.22. The Morgan fingerprint density at radius 3 is 1.43 bits per heavy atom. The predicted octanol–water partition coefficient (Wildman–Crippen LogP) is 4.31. The van der Waals surface area contributed by atoms with E-state index in [9.17, 15) is 19.2 Å². The average Bonchev–Trinajstić information content (AvgIpc) is 3.79. The fourth-order valence-corrected chi connectivity index (χ4v) is 6.75. The van der Waals surface area contributed by atoms with E-state index in [0.717, 1.165) is 64.2 Å². The van der Waals surface area contributed by atoms with Crippen molar-refractivity contribution in [1.29, 1.82) is 0 Å². The van der Waals surface area contributed by atoms with Crippen LogP contribution in [-0.4, -0.2) is 96.4 Å². The van der Waals surface area contributed by atoms with Crippen LogP contribution in [0.15, 0.2) is 0 Å². The van der Waals surface area contributed by atoms with E-state index in [1.807, 2.05) is 0 Å². The van der Waals surface area contributed by atoms with E-state index in [1.54, 1.807) is 9.80 Å². The van der Waals surface area contributed by atoms with E-state index >= 15 is 0 Å². The van der Waals surface area contributed by atoms with Crippen LogP contribution in [0, 0.1) is 0 Å². The molecule has 2 unspecified atom stereocenters. The first-order valence-corrected chi connectivity index (χ1v) is 16.7. The number of carbonyl (C=O) groups excluding carboxylic acids is 4. The summed E-state index contributed by atoms with van der Waals surface area (Å²) in [6, 6.07) is -1.14. The van der Waals surface area contributed by atoms with Crippen molar-refractivity contribution in [2.45, 2.75) is 153 Å². The summed E-state index contributed by atoms with van der Waals surface area (Å²) < 4.78 is 23.5. The van der Waals surface area contributed by atoms with Crippen LogP contribution in [0.3, 0.4) is 0 Å². The molecule has 238 valence electrons. The van der Waals surface area contributed by atoms with Crippen LogP contribution in [0.2, 0.25) is 0 Å². The molecule has 4 aliphatic heterocycles. The van der Waals surface area contributed by atoms with Crippen molar-refractivity contribution in [2.75, 3.05) is 26.3 Å². The molecule has 0 spiro atoms. The van der Waals surface area contributed by atoms with E-state index < -0.39 is 48.4 Å². The lowest BCUT2D eigenvalue weighted by atomic mass is 10.1. The van der Waals surface area contributed by atoms with Gasteiger partial charge in [-0.1, -0.05) is 65.2 Å². The van der Waals surface area contributed by atoms with Gasteiger partial charge >= 0.3 is 11.9 Å². The van der Waals surface area contributed by atoms with Gasteiger partial charge < -0.3 is 28.7 Å². The van der Waals surface area contributed by atoms with Gasteiger partial charge in [0.15, 0.2) is 12.2 Å². The average molecular weight is 593 g/mol. The van der Waals surface area contributed by atoms with Crippen LogP contribution in [0.5, 0.6) is 0 Å². The van der Waals surface area contributed by atoms with Crippen molar-refractivity contribution >= 4 is 23.8 Å². The van der Waals surface area contributed by atoms with Gasteiger partial charge in [-0.15, -0.1) is 0 Å². The number of likely N-dealkylation sites (tertiary alicyclic amines) is 2. The van der Waals surface area contributed by atoms with E-state index in [4.69, 9.17) is 18.9 Å². The molecule has 0 radical (unpaired) electrons. The van der Waals surface area contributed by atoms with Gasteiger partial charge in [0.2, 0.25) is 11.8 Å². The molecule has 0 saturated carbocycles. The number of hydrogen-bond acceptors (Lipinski definition) is 8. The number of rotatable bonds is 16. The number of esters is 2. The number of unbranched alkanes of at least 4 members (excludes halogenated alkanes) is 8. The molecule has 0 aliphatic carbocycles. The van der Waals surface area contributed by atoms with Crippen molar-refractivity contribution in [3.63, 3.8) is 0 Å². The third-order valence-corrected chi connectivity index (χ3v) is 9.18. The maximum Gasteiger partial charge on any atom is 0.329 e. The zero-order valence-electron chi connectivity index (χ0n) is 25.8. The zero-order chi connectivity index (χ0) is 29.9. The van der Waals surface area contributed by atoms with E-state index in [2.05, 4.69) is 13.8 Å². The van der Waals surface area contributed by atoms with Gasteiger partial charge in [-0.05, 0) is 38.5 Å². The Kier molecular flexibility index (Phi) is 12.9. The maximum absolute atomic E-state index is 13.1. The molecule has 2 amide bonds. The summed E-state index contributed by atoms with van der Waals surface area (Å²) in [6.45, 7) is 5.79. The quantitative estimate of drug-likeness (QED) is 0.193. The van der Waals surface area contributed by atoms with E-state index in [0.29, 0.717) is 38.8 Å². The smallest absolute Gasteiger partial charge is 0.329 e. The lowest BCUT2D eigenvalue weighted by molar-refractivity contribution is -0.163. The summed E-state index contributed by atoms with van der Waals surface area (Å²) in [5.41, 5.74) is 0. The molecule has 4 fully saturated rings. The first-order valence-electron chi connectivity index (χ1n) is 16.7. The van der Waals surface area contributed by atoms with Gasteiger partial charge in [-0.25, -0.2) is 9.59 Å². The summed E-state index contributed by atoms with van der Waals surface area (Å²) in [4.78, 5) is 55.2. The molecule has 4 rings (SSSR count). The highest BCUT2D eigenvalue weighted by Gasteiger charge is 2.52. The normalized spacial score (nSPS) is 28.7.